The van der Waals surface area contributed by atoms with Gasteiger partial charge >= 0.3 is 0 Å². The van der Waals surface area contributed by atoms with Crippen molar-refractivity contribution in [2.24, 2.45) is 5.73 Å². The summed E-state index contributed by atoms with van der Waals surface area (Å²) in [5.41, 5.74) is 6.28. The summed E-state index contributed by atoms with van der Waals surface area (Å²) >= 11 is 0. The van der Waals surface area contributed by atoms with Gasteiger partial charge in [0, 0.05) is 12.6 Å². The number of phenols is 1. The van der Waals surface area contributed by atoms with E-state index < -0.39 is 5.54 Å². The highest BCUT2D eigenvalue weighted by Gasteiger charge is 2.38. The number of carbonyl (C=O) groups is 1. The third-order valence-electron chi connectivity index (χ3n) is 3.68. The summed E-state index contributed by atoms with van der Waals surface area (Å²) in [6, 6.07) is 7.17. The fraction of sp³-hybridized carbons (Fsp3) is 0.533. The second kappa shape index (κ2) is 6.24. The van der Waals surface area contributed by atoms with Gasteiger partial charge in [0.1, 0.15) is 11.3 Å². The average molecular weight is 278 g/mol. The van der Waals surface area contributed by atoms with Gasteiger partial charge in [0.2, 0.25) is 5.91 Å². The Morgan fingerprint density at radius 2 is 2.20 bits per heavy atom. The monoisotopic (exact) mass is 278 g/mol. The zero-order valence-corrected chi connectivity index (χ0v) is 11.8. The maximum atomic E-state index is 12.1. The zero-order valence-electron chi connectivity index (χ0n) is 11.8. The minimum absolute atomic E-state index is 0.0531. The SMILES string of the molecule is CC(CCc1ccc(O)cc1)NC(=O)C1(N)CCOC1. The highest BCUT2D eigenvalue weighted by Crippen LogP contribution is 2.16. The number of phenolic OH excluding ortho intramolecular Hbond substituents is 1. The molecule has 4 N–H and O–H groups in total. The highest BCUT2D eigenvalue weighted by molar-refractivity contribution is 5.86. The molecule has 1 aromatic carbocycles. The third kappa shape index (κ3) is 3.71. The molecule has 0 aromatic heterocycles. The standard InChI is InChI=1S/C15H22N2O3/c1-11(2-3-12-4-6-13(18)7-5-12)17-14(19)15(16)8-9-20-10-15/h4-7,11,18H,2-3,8-10,16H2,1H3,(H,17,19). The summed E-state index contributed by atoms with van der Waals surface area (Å²) < 4.78 is 5.19. The number of hydrogen-bond acceptors (Lipinski definition) is 4. The number of hydrogen-bond donors (Lipinski definition) is 3. The molecule has 2 rings (SSSR count). The van der Waals surface area contributed by atoms with Gasteiger partial charge in [0.25, 0.3) is 0 Å². The van der Waals surface area contributed by atoms with Crippen molar-refractivity contribution in [1.29, 1.82) is 0 Å². The molecular formula is C15H22N2O3. The Labute approximate surface area is 119 Å². The van der Waals surface area contributed by atoms with Gasteiger partial charge in [0.05, 0.1) is 6.61 Å². The van der Waals surface area contributed by atoms with E-state index >= 15 is 0 Å². The van der Waals surface area contributed by atoms with Crippen molar-refractivity contribution in [3.05, 3.63) is 29.8 Å². The predicted molar refractivity (Wildman–Crippen MR) is 76.4 cm³/mol. The predicted octanol–water partition coefficient (Wildman–Crippen LogP) is 0.947. The summed E-state index contributed by atoms with van der Waals surface area (Å²) in [5, 5.41) is 12.2. The number of nitrogens with two attached hydrogens (primary N) is 1. The van der Waals surface area contributed by atoms with Crippen LogP contribution >= 0.6 is 0 Å². The van der Waals surface area contributed by atoms with Crippen molar-refractivity contribution in [2.45, 2.75) is 37.8 Å². The lowest BCUT2D eigenvalue weighted by Crippen LogP contribution is -2.56. The largest absolute Gasteiger partial charge is 0.508 e. The number of rotatable bonds is 5. The molecule has 5 nitrogen and oxygen atoms in total. The molecule has 0 aliphatic carbocycles. The van der Waals surface area contributed by atoms with Crippen molar-refractivity contribution >= 4 is 5.91 Å². The smallest absolute Gasteiger partial charge is 0.242 e. The zero-order chi connectivity index (χ0) is 14.6. The molecule has 0 spiro atoms. The first-order valence-electron chi connectivity index (χ1n) is 6.95. The van der Waals surface area contributed by atoms with E-state index in [0.29, 0.717) is 19.6 Å². The van der Waals surface area contributed by atoms with E-state index in [1.54, 1.807) is 12.1 Å². The molecule has 0 radical (unpaired) electrons. The van der Waals surface area contributed by atoms with E-state index in [9.17, 15) is 9.90 Å². The van der Waals surface area contributed by atoms with Crippen LogP contribution in [-0.4, -0.2) is 35.8 Å². The first kappa shape index (κ1) is 14.8. The van der Waals surface area contributed by atoms with Crippen LogP contribution in [0.2, 0.25) is 0 Å². The van der Waals surface area contributed by atoms with Gasteiger partial charge < -0.3 is 20.9 Å². The van der Waals surface area contributed by atoms with Crippen LogP contribution in [0.25, 0.3) is 0 Å². The first-order valence-corrected chi connectivity index (χ1v) is 6.95. The number of benzene rings is 1. The highest BCUT2D eigenvalue weighted by atomic mass is 16.5. The molecule has 2 atom stereocenters. The van der Waals surface area contributed by atoms with Gasteiger partial charge in [-0.15, -0.1) is 0 Å². The van der Waals surface area contributed by atoms with Gasteiger partial charge in [-0.2, -0.15) is 0 Å². The molecule has 1 aromatic rings. The topological polar surface area (TPSA) is 84.6 Å². The van der Waals surface area contributed by atoms with Crippen LogP contribution in [0.15, 0.2) is 24.3 Å². The summed E-state index contributed by atoms with van der Waals surface area (Å²) in [7, 11) is 0. The van der Waals surface area contributed by atoms with Crippen LogP contribution < -0.4 is 11.1 Å². The molecule has 1 heterocycles. The molecule has 20 heavy (non-hydrogen) atoms. The lowest BCUT2D eigenvalue weighted by Gasteiger charge is -2.23. The molecule has 1 saturated heterocycles. The Bertz CT molecular complexity index is 453. The Morgan fingerprint density at radius 3 is 2.80 bits per heavy atom. The molecular weight excluding hydrogens is 256 g/mol. The maximum absolute atomic E-state index is 12.1. The van der Waals surface area contributed by atoms with Crippen LogP contribution in [0.5, 0.6) is 5.75 Å². The summed E-state index contributed by atoms with van der Waals surface area (Å²) in [6.45, 7) is 2.81. The Hall–Kier alpha value is -1.59. The lowest BCUT2D eigenvalue weighted by atomic mass is 9.98. The van der Waals surface area contributed by atoms with Crippen molar-refractivity contribution in [2.75, 3.05) is 13.2 Å². The number of ether oxygens (including phenoxy) is 1. The molecule has 0 bridgehead atoms. The average Bonchev–Trinajstić information content (AvgIpc) is 2.86. The van der Waals surface area contributed by atoms with E-state index in [1.165, 1.54) is 0 Å². The number of carbonyl (C=O) groups excluding carboxylic acids is 1. The molecule has 1 amide bonds. The molecule has 2 unspecified atom stereocenters. The minimum atomic E-state index is -0.868. The third-order valence-corrected chi connectivity index (χ3v) is 3.68. The first-order chi connectivity index (χ1) is 9.49. The minimum Gasteiger partial charge on any atom is -0.508 e. The Kier molecular flexibility index (Phi) is 4.62. The van der Waals surface area contributed by atoms with Crippen molar-refractivity contribution in [3.8, 4) is 5.75 Å². The molecule has 1 aliphatic rings. The second-order valence-electron chi connectivity index (χ2n) is 5.54. The van der Waals surface area contributed by atoms with Crippen molar-refractivity contribution in [1.82, 2.24) is 5.32 Å². The van der Waals surface area contributed by atoms with Crippen LogP contribution in [0.3, 0.4) is 0 Å². The van der Waals surface area contributed by atoms with Crippen LogP contribution in [0, 0.1) is 0 Å². The summed E-state index contributed by atoms with van der Waals surface area (Å²) in [5.74, 6) is 0.134. The molecule has 1 fully saturated rings. The van der Waals surface area contributed by atoms with Crippen LogP contribution in [-0.2, 0) is 16.0 Å². The summed E-state index contributed by atoms with van der Waals surface area (Å²) in [4.78, 5) is 12.1. The molecule has 0 saturated carbocycles. The van der Waals surface area contributed by atoms with E-state index in [1.807, 2.05) is 19.1 Å². The molecule has 110 valence electrons. The number of aryl methyl sites for hydroxylation is 1. The fourth-order valence-corrected chi connectivity index (χ4v) is 2.25. The van der Waals surface area contributed by atoms with Gasteiger partial charge in [-0.3, -0.25) is 4.79 Å². The number of amides is 1. The molecule has 1 aliphatic heterocycles. The van der Waals surface area contributed by atoms with Gasteiger partial charge in [-0.05, 0) is 43.9 Å². The van der Waals surface area contributed by atoms with Crippen LogP contribution in [0.1, 0.15) is 25.3 Å². The Balaban J connectivity index is 1.79. The Morgan fingerprint density at radius 1 is 1.50 bits per heavy atom. The fourth-order valence-electron chi connectivity index (χ4n) is 2.25. The lowest BCUT2D eigenvalue weighted by molar-refractivity contribution is -0.127. The van der Waals surface area contributed by atoms with Gasteiger partial charge in [-0.1, -0.05) is 12.1 Å². The quantitative estimate of drug-likeness (QED) is 0.748. The normalized spacial score (nSPS) is 23.5. The second-order valence-corrected chi connectivity index (χ2v) is 5.54. The van der Waals surface area contributed by atoms with Crippen molar-refractivity contribution in [3.63, 3.8) is 0 Å². The van der Waals surface area contributed by atoms with E-state index in [2.05, 4.69) is 5.32 Å². The van der Waals surface area contributed by atoms with Gasteiger partial charge in [-0.25, -0.2) is 0 Å². The maximum Gasteiger partial charge on any atom is 0.242 e. The molecule has 5 heteroatoms. The summed E-state index contributed by atoms with van der Waals surface area (Å²) in [6.07, 6.45) is 2.24. The van der Waals surface area contributed by atoms with Crippen molar-refractivity contribution < 1.29 is 14.6 Å². The number of aromatic hydroxyl groups is 1. The van der Waals surface area contributed by atoms with E-state index in [4.69, 9.17) is 10.5 Å². The van der Waals surface area contributed by atoms with E-state index in [-0.39, 0.29) is 17.7 Å². The van der Waals surface area contributed by atoms with E-state index in [0.717, 1.165) is 18.4 Å². The van der Waals surface area contributed by atoms with Crippen LogP contribution in [0.4, 0.5) is 0 Å². The number of nitrogens with one attached hydrogen (secondary N) is 1. The van der Waals surface area contributed by atoms with Gasteiger partial charge in [0.15, 0.2) is 0 Å².